The highest BCUT2D eigenvalue weighted by Crippen LogP contribution is 2.34. The fourth-order valence-electron chi connectivity index (χ4n) is 3.62. The fourth-order valence-corrected chi connectivity index (χ4v) is 3.62. The molecule has 0 aliphatic carbocycles. The molecule has 0 saturated carbocycles. The summed E-state index contributed by atoms with van der Waals surface area (Å²) in [4.78, 5) is 12.1. The van der Waals surface area contributed by atoms with Gasteiger partial charge in [0.1, 0.15) is 5.75 Å². The van der Waals surface area contributed by atoms with Crippen LogP contribution < -0.4 is 15.4 Å². The summed E-state index contributed by atoms with van der Waals surface area (Å²) < 4.78 is 5.72. The number of hydrogen-bond acceptors (Lipinski definition) is 3. The third-order valence-electron chi connectivity index (χ3n) is 5.06. The van der Waals surface area contributed by atoms with Gasteiger partial charge in [-0.15, -0.1) is 0 Å². The zero-order chi connectivity index (χ0) is 15.3. The smallest absolute Gasteiger partial charge is 0.257 e. The average molecular weight is 302 g/mol. The van der Waals surface area contributed by atoms with Crippen LogP contribution in [0.4, 0.5) is 0 Å². The summed E-state index contributed by atoms with van der Waals surface area (Å²) >= 11 is 0. The van der Waals surface area contributed by atoms with Crippen molar-refractivity contribution in [2.75, 3.05) is 26.2 Å². The molecule has 0 radical (unpaired) electrons. The van der Waals surface area contributed by atoms with Crippen LogP contribution in [0.2, 0.25) is 0 Å². The highest BCUT2D eigenvalue weighted by molar-refractivity contribution is 5.77. The van der Waals surface area contributed by atoms with E-state index in [0.717, 1.165) is 44.6 Å². The third-order valence-corrected chi connectivity index (χ3v) is 5.06. The van der Waals surface area contributed by atoms with Gasteiger partial charge in [0.25, 0.3) is 5.91 Å². The second kappa shape index (κ2) is 7.14. The Morgan fingerprint density at radius 2 is 1.86 bits per heavy atom. The minimum absolute atomic E-state index is 0.00622. The number of para-hydroxylation sites is 1. The molecule has 2 aliphatic heterocycles. The van der Waals surface area contributed by atoms with Crippen molar-refractivity contribution in [3.8, 4) is 5.75 Å². The number of fused-ring (bicyclic) bond motifs is 1. The molecule has 4 heteroatoms. The zero-order valence-electron chi connectivity index (χ0n) is 13.2. The first kappa shape index (κ1) is 15.3. The van der Waals surface area contributed by atoms with Crippen molar-refractivity contribution >= 4 is 5.91 Å². The Morgan fingerprint density at radius 1 is 1.05 bits per heavy atom. The molecule has 0 unspecified atom stereocenters. The van der Waals surface area contributed by atoms with Crippen molar-refractivity contribution in [1.82, 2.24) is 10.6 Å². The minimum Gasteiger partial charge on any atom is -0.483 e. The zero-order valence-corrected chi connectivity index (χ0v) is 13.2. The number of piperidine rings is 1. The maximum absolute atomic E-state index is 12.1. The van der Waals surface area contributed by atoms with Gasteiger partial charge < -0.3 is 15.4 Å². The first-order valence-electron chi connectivity index (χ1n) is 8.46. The molecule has 1 fully saturated rings. The molecule has 0 bridgehead atoms. The molecular weight excluding hydrogens is 276 g/mol. The Kier molecular flexibility index (Phi) is 4.98. The van der Waals surface area contributed by atoms with Gasteiger partial charge in [-0.25, -0.2) is 0 Å². The molecule has 2 heterocycles. The highest BCUT2D eigenvalue weighted by Gasteiger charge is 2.32. The minimum atomic E-state index is -0.00622. The molecule has 1 amide bonds. The van der Waals surface area contributed by atoms with Crippen LogP contribution in [0.3, 0.4) is 0 Å². The average Bonchev–Trinajstić information content (AvgIpc) is 2.56. The quantitative estimate of drug-likeness (QED) is 0.773. The molecule has 2 aliphatic rings. The summed E-state index contributed by atoms with van der Waals surface area (Å²) in [5.74, 6) is 0.850. The largest absolute Gasteiger partial charge is 0.483 e. The third kappa shape index (κ3) is 3.80. The number of amides is 1. The van der Waals surface area contributed by atoms with E-state index in [1.807, 2.05) is 18.2 Å². The van der Waals surface area contributed by atoms with Gasteiger partial charge in [0.05, 0.1) is 0 Å². The second-order valence-electron chi connectivity index (χ2n) is 6.63. The van der Waals surface area contributed by atoms with Gasteiger partial charge >= 0.3 is 0 Å². The topological polar surface area (TPSA) is 50.4 Å². The van der Waals surface area contributed by atoms with Crippen LogP contribution in [0.15, 0.2) is 24.3 Å². The number of rotatable bonds is 0. The van der Waals surface area contributed by atoms with Gasteiger partial charge in [-0.3, -0.25) is 4.79 Å². The number of carbonyl (C=O) groups is 1. The lowest BCUT2D eigenvalue weighted by molar-refractivity contribution is -0.123. The predicted molar refractivity (Wildman–Crippen MR) is 87.0 cm³/mol. The van der Waals surface area contributed by atoms with E-state index in [2.05, 4.69) is 16.7 Å². The maximum atomic E-state index is 12.1. The molecule has 1 spiro atoms. The van der Waals surface area contributed by atoms with Crippen molar-refractivity contribution in [1.29, 1.82) is 0 Å². The lowest BCUT2D eigenvalue weighted by atomic mass is 9.74. The Balaban J connectivity index is 1.71. The lowest BCUT2D eigenvalue weighted by Crippen LogP contribution is -2.45. The monoisotopic (exact) mass is 302 g/mol. The van der Waals surface area contributed by atoms with E-state index in [1.165, 1.54) is 24.8 Å². The number of nitrogens with one attached hydrogen (secondary N) is 2. The van der Waals surface area contributed by atoms with Crippen molar-refractivity contribution in [2.24, 2.45) is 5.41 Å². The highest BCUT2D eigenvalue weighted by atomic mass is 16.5. The van der Waals surface area contributed by atoms with Gasteiger partial charge in [0, 0.05) is 6.54 Å². The summed E-state index contributed by atoms with van der Waals surface area (Å²) in [5, 5.41) is 6.53. The van der Waals surface area contributed by atoms with Gasteiger partial charge in [0.2, 0.25) is 0 Å². The number of ether oxygens (including phenoxy) is 1. The molecule has 3 rings (SSSR count). The van der Waals surface area contributed by atoms with E-state index >= 15 is 0 Å². The molecule has 1 aromatic carbocycles. The van der Waals surface area contributed by atoms with Gasteiger partial charge in [-0.2, -0.15) is 0 Å². The van der Waals surface area contributed by atoms with Crippen LogP contribution in [0.5, 0.6) is 5.75 Å². The van der Waals surface area contributed by atoms with Crippen LogP contribution in [0, 0.1) is 5.41 Å². The lowest BCUT2D eigenvalue weighted by Gasteiger charge is -2.38. The van der Waals surface area contributed by atoms with Crippen molar-refractivity contribution in [3.63, 3.8) is 0 Å². The van der Waals surface area contributed by atoms with Gasteiger partial charge in [-0.05, 0) is 62.2 Å². The standard InChI is InChI=1S/C18H26N2O2/c21-17-13-22-16-7-2-1-5-15(16)6-3-4-8-18(14-20-17)9-11-19-12-10-18/h1-2,5,7,19H,3-4,6,8-14H2,(H,20,21). The molecule has 1 saturated heterocycles. The Bertz CT molecular complexity index is 510. The molecule has 2 N–H and O–H groups in total. The summed E-state index contributed by atoms with van der Waals surface area (Å²) in [7, 11) is 0. The van der Waals surface area contributed by atoms with Gasteiger partial charge in [-0.1, -0.05) is 24.6 Å². The Hall–Kier alpha value is -1.55. The predicted octanol–water partition coefficient (Wildman–Crippen LogP) is 2.28. The first-order valence-corrected chi connectivity index (χ1v) is 8.46. The molecule has 0 atom stereocenters. The number of aryl methyl sites for hydroxylation is 1. The number of benzene rings is 1. The van der Waals surface area contributed by atoms with E-state index in [0.29, 0.717) is 0 Å². The summed E-state index contributed by atoms with van der Waals surface area (Å²) in [6, 6.07) is 8.08. The van der Waals surface area contributed by atoms with Crippen molar-refractivity contribution in [2.45, 2.75) is 38.5 Å². The van der Waals surface area contributed by atoms with Crippen LogP contribution in [-0.2, 0) is 11.2 Å². The number of hydrogen-bond donors (Lipinski definition) is 2. The maximum Gasteiger partial charge on any atom is 0.257 e. The first-order chi connectivity index (χ1) is 10.8. The van der Waals surface area contributed by atoms with E-state index in [9.17, 15) is 4.79 Å². The van der Waals surface area contributed by atoms with Gasteiger partial charge in [0.15, 0.2) is 6.61 Å². The molecular formula is C18H26N2O2. The van der Waals surface area contributed by atoms with Crippen LogP contribution in [0.1, 0.15) is 37.7 Å². The van der Waals surface area contributed by atoms with Crippen molar-refractivity contribution in [3.05, 3.63) is 29.8 Å². The molecule has 1 aromatic rings. The summed E-state index contributed by atoms with van der Waals surface area (Å²) in [6.07, 6.45) is 6.95. The molecule has 4 nitrogen and oxygen atoms in total. The van der Waals surface area contributed by atoms with E-state index in [4.69, 9.17) is 4.74 Å². The second-order valence-corrected chi connectivity index (χ2v) is 6.63. The molecule has 22 heavy (non-hydrogen) atoms. The van der Waals surface area contributed by atoms with E-state index in [-0.39, 0.29) is 17.9 Å². The van der Waals surface area contributed by atoms with Crippen LogP contribution in [-0.4, -0.2) is 32.1 Å². The Morgan fingerprint density at radius 3 is 2.73 bits per heavy atom. The molecule has 120 valence electrons. The number of carbonyl (C=O) groups excluding carboxylic acids is 1. The summed E-state index contributed by atoms with van der Waals surface area (Å²) in [6.45, 7) is 3.04. The van der Waals surface area contributed by atoms with E-state index < -0.39 is 0 Å². The molecule has 0 aromatic heterocycles. The SMILES string of the molecule is O=C1COc2ccccc2CCCCC2(CCNCC2)CN1. The normalized spacial score (nSPS) is 22.6. The fraction of sp³-hybridized carbons (Fsp3) is 0.611. The summed E-state index contributed by atoms with van der Waals surface area (Å²) in [5.41, 5.74) is 1.50. The van der Waals surface area contributed by atoms with Crippen LogP contribution >= 0.6 is 0 Å². The van der Waals surface area contributed by atoms with Crippen molar-refractivity contribution < 1.29 is 9.53 Å². The Labute approximate surface area is 132 Å². The van der Waals surface area contributed by atoms with E-state index in [1.54, 1.807) is 0 Å². The van der Waals surface area contributed by atoms with Crippen LogP contribution in [0.25, 0.3) is 0 Å².